The van der Waals surface area contributed by atoms with Crippen molar-refractivity contribution in [3.8, 4) is 0 Å². The first-order valence-corrected chi connectivity index (χ1v) is 5.80. The molecule has 0 fully saturated rings. The molecular formula is C13H19ClN2O. The van der Waals surface area contributed by atoms with Gasteiger partial charge in [-0.2, -0.15) is 0 Å². The molecule has 1 atom stereocenters. The molecule has 0 saturated heterocycles. The highest BCUT2D eigenvalue weighted by atomic mass is 35.5. The largest absolute Gasteiger partial charge is 0.352 e. The van der Waals surface area contributed by atoms with Gasteiger partial charge >= 0.3 is 0 Å². The standard InChI is InChI=1S/C13H18N2O.ClH/c1-14-9-13(16)15-12-7-6-10-4-2-3-5-11(10)8-12;/h2-5,12,14H,6-9H2,1H3,(H,15,16);1H. The van der Waals surface area contributed by atoms with Crippen molar-refractivity contribution in [3.05, 3.63) is 35.4 Å². The number of carbonyl (C=O) groups excluding carboxylic acids is 1. The second-order valence-electron chi connectivity index (χ2n) is 4.31. The van der Waals surface area contributed by atoms with Gasteiger partial charge in [0.05, 0.1) is 6.54 Å². The Bertz CT molecular complexity index is 381. The minimum absolute atomic E-state index is 0. The third-order valence-electron chi connectivity index (χ3n) is 3.05. The van der Waals surface area contributed by atoms with E-state index in [-0.39, 0.29) is 18.3 Å². The summed E-state index contributed by atoms with van der Waals surface area (Å²) in [4.78, 5) is 11.4. The number of likely N-dealkylation sites (N-methyl/N-ethyl adjacent to an activating group) is 1. The second-order valence-corrected chi connectivity index (χ2v) is 4.31. The van der Waals surface area contributed by atoms with Crippen LogP contribution in [0, 0.1) is 0 Å². The number of aryl methyl sites for hydroxylation is 1. The number of benzene rings is 1. The third-order valence-corrected chi connectivity index (χ3v) is 3.05. The van der Waals surface area contributed by atoms with Gasteiger partial charge in [0.15, 0.2) is 0 Å². The molecule has 1 aliphatic rings. The van der Waals surface area contributed by atoms with E-state index >= 15 is 0 Å². The first-order chi connectivity index (χ1) is 7.79. The molecule has 0 heterocycles. The van der Waals surface area contributed by atoms with Gasteiger partial charge in [0.1, 0.15) is 0 Å². The van der Waals surface area contributed by atoms with Gasteiger partial charge in [0.25, 0.3) is 0 Å². The van der Waals surface area contributed by atoms with E-state index in [2.05, 4.69) is 34.9 Å². The summed E-state index contributed by atoms with van der Waals surface area (Å²) in [5.41, 5.74) is 2.81. The average molecular weight is 255 g/mol. The molecule has 0 aliphatic heterocycles. The number of hydrogen-bond acceptors (Lipinski definition) is 2. The highest BCUT2D eigenvalue weighted by molar-refractivity contribution is 5.85. The minimum Gasteiger partial charge on any atom is -0.352 e. The van der Waals surface area contributed by atoms with Crippen molar-refractivity contribution in [2.75, 3.05) is 13.6 Å². The van der Waals surface area contributed by atoms with Crippen LogP contribution in [0.25, 0.3) is 0 Å². The quantitative estimate of drug-likeness (QED) is 0.854. The summed E-state index contributed by atoms with van der Waals surface area (Å²) >= 11 is 0. The van der Waals surface area contributed by atoms with Crippen LogP contribution in [-0.4, -0.2) is 25.5 Å². The number of hydrogen-bond donors (Lipinski definition) is 2. The molecule has 1 aromatic carbocycles. The third kappa shape index (κ3) is 3.72. The number of amides is 1. The predicted molar refractivity (Wildman–Crippen MR) is 71.6 cm³/mol. The highest BCUT2D eigenvalue weighted by Gasteiger charge is 2.19. The van der Waals surface area contributed by atoms with Gasteiger partial charge in [0, 0.05) is 6.04 Å². The molecule has 17 heavy (non-hydrogen) atoms. The van der Waals surface area contributed by atoms with Crippen LogP contribution >= 0.6 is 12.4 Å². The summed E-state index contributed by atoms with van der Waals surface area (Å²) in [6.45, 7) is 0.401. The molecule has 0 saturated carbocycles. The lowest BCUT2D eigenvalue weighted by molar-refractivity contribution is -0.120. The second kappa shape index (κ2) is 6.62. The zero-order valence-corrected chi connectivity index (χ0v) is 10.8. The SMILES string of the molecule is CNCC(=O)NC1CCc2ccccc2C1.Cl. The monoisotopic (exact) mass is 254 g/mol. The molecular weight excluding hydrogens is 236 g/mol. The molecule has 94 valence electrons. The number of carbonyl (C=O) groups is 1. The molecule has 0 bridgehead atoms. The Kier molecular flexibility index (Phi) is 5.45. The Morgan fingerprint density at radius 2 is 2.06 bits per heavy atom. The molecule has 1 amide bonds. The van der Waals surface area contributed by atoms with E-state index in [1.165, 1.54) is 11.1 Å². The van der Waals surface area contributed by atoms with E-state index in [4.69, 9.17) is 0 Å². The van der Waals surface area contributed by atoms with Crippen molar-refractivity contribution in [1.82, 2.24) is 10.6 Å². The topological polar surface area (TPSA) is 41.1 Å². The Labute approximate surface area is 108 Å². The molecule has 1 unspecified atom stereocenters. The first-order valence-electron chi connectivity index (χ1n) is 5.80. The summed E-state index contributed by atoms with van der Waals surface area (Å²) in [6.07, 6.45) is 3.08. The molecule has 0 spiro atoms. The maximum absolute atomic E-state index is 11.4. The fourth-order valence-electron chi connectivity index (χ4n) is 2.26. The van der Waals surface area contributed by atoms with Crippen LogP contribution in [-0.2, 0) is 17.6 Å². The highest BCUT2D eigenvalue weighted by Crippen LogP contribution is 2.20. The van der Waals surface area contributed by atoms with E-state index in [0.29, 0.717) is 12.6 Å². The van der Waals surface area contributed by atoms with Crippen molar-refractivity contribution in [1.29, 1.82) is 0 Å². The average Bonchev–Trinajstić information content (AvgIpc) is 2.29. The van der Waals surface area contributed by atoms with Crippen LogP contribution in [0.2, 0.25) is 0 Å². The van der Waals surface area contributed by atoms with Crippen LogP contribution in [0.15, 0.2) is 24.3 Å². The van der Waals surface area contributed by atoms with Crippen LogP contribution in [0.4, 0.5) is 0 Å². The fourth-order valence-corrected chi connectivity index (χ4v) is 2.26. The Hall–Kier alpha value is -1.06. The lowest BCUT2D eigenvalue weighted by Gasteiger charge is -2.25. The molecule has 0 aromatic heterocycles. The summed E-state index contributed by atoms with van der Waals surface area (Å²) in [5.74, 6) is 0.0897. The maximum atomic E-state index is 11.4. The Morgan fingerprint density at radius 3 is 2.76 bits per heavy atom. The molecule has 2 N–H and O–H groups in total. The zero-order valence-electron chi connectivity index (χ0n) is 10.0. The van der Waals surface area contributed by atoms with Gasteiger partial charge in [-0.05, 0) is 37.4 Å². The van der Waals surface area contributed by atoms with Crippen LogP contribution < -0.4 is 10.6 Å². The summed E-state index contributed by atoms with van der Waals surface area (Å²) in [6, 6.07) is 8.79. The number of halogens is 1. The minimum atomic E-state index is 0. The Morgan fingerprint density at radius 1 is 1.35 bits per heavy atom. The Balaban J connectivity index is 0.00000144. The van der Waals surface area contributed by atoms with Gasteiger partial charge in [-0.3, -0.25) is 4.79 Å². The van der Waals surface area contributed by atoms with Crippen molar-refractivity contribution >= 4 is 18.3 Å². The van der Waals surface area contributed by atoms with Gasteiger partial charge < -0.3 is 10.6 Å². The summed E-state index contributed by atoms with van der Waals surface area (Å²) < 4.78 is 0. The number of rotatable bonds is 3. The number of nitrogens with one attached hydrogen (secondary N) is 2. The zero-order chi connectivity index (χ0) is 11.4. The van der Waals surface area contributed by atoms with Gasteiger partial charge in [-0.15, -0.1) is 12.4 Å². The van der Waals surface area contributed by atoms with E-state index in [1.807, 2.05) is 0 Å². The van der Waals surface area contributed by atoms with Gasteiger partial charge in [0.2, 0.25) is 5.91 Å². The van der Waals surface area contributed by atoms with E-state index in [1.54, 1.807) is 7.05 Å². The van der Waals surface area contributed by atoms with E-state index in [0.717, 1.165) is 19.3 Å². The molecule has 2 rings (SSSR count). The van der Waals surface area contributed by atoms with Gasteiger partial charge in [-0.1, -0.05) is 24.3 Å². The maximum Gasteiger partial charge on any atom is 0.234 e. The molecule has 4 heteroatoms. The molecule has 1 aromatic rings. The molecule has 0 radical (unpaired) electrons. The lowest BCUT2D eigenvalue weighted by atomic mass is 9.88. The first kappa shape index (κ1) is 14.0. The summed E-state index contributed by atoms with van der Waals surface area (Å²) in [7, 11) is 1.79. The smallest absolute Gasteiger partial charge is 0.234 e. The van der Waals surface area contributed by atoms with Crippen molar-refractivity contribution < 1.29 is 4.79 Å². The van der Waals surface area contributed by atoms with Crippen molar-refractivity contribution in [2.45, 2.75) is 25.3 Å². The van der Waals surface area contributed by atoms with Crippen LogP contribution in [0.3, 0.4) is 0 Å². The lowest BCUT2D eigenvalue weighted by Crippen LogP contribution is -2.42. The summed E-state index contributed by atoms with van der Waals surface area (Å²) in [5, 5.41) is 5.92. The molecule has 1 aliphatic carbocycles. The van der Waals surface area contributed by atoms with Gasteiger partial charge in [-0.25, -0.2) is 0 Å². The molecule has 3 nitrogen and oxygen atoms in total. The van der Waals surface area contributed by atoms with Crippen LogP contribution in [0.5, 0.6) is 0 Å². The normalized spacial score (nSPS) is 17.8. The van der Waals surface area contributed by atoms with E-state index in [9.17, 15) is 4.79 Å². The van der Waals surface area contributed by atoms with Crippen molar-refractivity contribution in [2.24, 2.45) is 0 Å². The number of fused-ring (bicyclic) bond motifs is 1. The predicted octanol–water partition coefficient (Wildman–Crippen LogP) is 1.30. The van der Waals surface area contributed by atoms with E-state index < -0.39 is 0 Å². The fraction of sp³-hybridized carbons (Fsp3) is 0.462. The van der Waals surface area contributed by atoms with Crippen LogP contribution in [0.1, 0.15) is 17.5 Å². The van der Waals surface area contributed by atoms with Crippen molar-refractivity contribution in [3.63, 3.8) is 0 Å².